The average Bonchev–Trinajstić information content (AvgIpc) is 2.71. The number of esters is 3. The van der Waals surface area contributed by atoms with Crippen LogP contribution in [0.2, 0.25) is 0 Å². The normalized spacial score (nSPS) is 22.9. The van der Waals surface area contributed by atoms with Crippen LogP contribution in [-0.2, 0) is 33.3 Å². The molecular formula is C21H32O7. The second-order valence-corrected chi connectivity index (χ2v) is 7.59. The summed E-state index contributed by atoms with van der Waals surface area (Å²) in [4.78, 5) is 36.2. The maximum atomic E-state index is 12.5. The van der Waals surface area contributed by atoms with Crippen LogP contribution in [0.5, 0.6) is 0 Å². The van der Waals surface area contributed by atoms with Gasteiger partial charge in [-0.25, -0.2) is 4.79 Å². The van der Waals surface area contributed by atoms with Crippen molar-refractivity contribution in [3.8, 4) is 0 Å². The van der Waals surface area contributed by atoms with Gasteiger partial charge in [0.05, 0.1) is 17.9 Å². The van der Waals surface area contributed by atoms with Gasteiger partial charge in [-0.15, -0.1) is 0 Å². The largest absolute Gasteiger partial charge is 0.462 e. The Morgan fingerprint density at radius 2 is 1.32 bits per heavy atom. The molecule has 0 bridgehead atoms. The summed E-state index contributed by atoms with van der Waals surface area (Å²) < 4.78 is 21.1. The van der Waals surface area contributed by atoms with Crippen molar-refractivity contribution >= 4 is 17.9 Å². The first-order valence-corrected chi connectivity index (χ1v) is 10.3. The van der Waals surface area contributed by atoms with E-state index in [1.165, 1.54) is 6.42 Å². The number of carbonyl (C=O) groups is 3. The van der Waals surface area contributed by atoms with Crippen LogP contribution in [0.4, 0.5) is 0 Å². The molecule has 0 heterocycles. The van der Waals surface area contributed by atoms with Crippen molar-refractivity contribution in [1.29, 1.82) is 0 Å². The molecule has 2 rings (SSSR count). The van der Waals surface area contributed by atoms with E-state index in [1.807, 2.05) is 0 Å². The Labute approximate surface area is 166 Å². The first-order valence-electron chi connectivity index (χ1n) is 10.3. The summed E-state index contributed by atoms with van der Waals surface area (Å²) in [5.74, 6) is -2.39. The van der Waals surface area contributed by atoms with E-state index in [-0.39, 0.29) is 31.7 Å². The van der Waals surface area contributed by atoms with Crippen LogP contribution in [0, 0.1) is 11.8 Å². The molecule has 2 aliphatic carbocycles. The third kappa shape index (κ3) is 7.26. The minimum absolute atomic E-state index is 0.0332. The SMILES string of the molecule is C=C(C)C(=O)OCCOC(=O)C1CCCCC1C(=O)OCOC1CCCCC1. The van der Waals surface area contributed by atoms with E-state index in [0.29, 0.717) is 12.8 Å². The highest BCUT2D eigenvalue weighted by atomic mass is 16.7. The number of ether oxygens (including phenoxy) is 4. The molecule has 0 aliphatic heterocycles. The van der Waals surface area contributed by atoms with Crippen LogP contribution in [0.15, 0.2) is 12.2 Å². The van der Waals surface area contributed by atoms with Crippen molar-refractivity contribution in [2.75, 3.05) is 20.0 Å². The molecule has 0 N–H and O–H groups in total. The first kappa shape index (κ1) is 22.4. The Morgan fingerprint density at radius 1 is 0.786 bits per heavy atom. The Kier molecular flexibility index (Phi) is 9.47. The molecule has 0 aromatic heterocycles. The molecule has 2 unspecified atom stereocenters. The van der Waals surface area contributed by atoms with Gasteiger partial charge in [0.15, 0.2) is 6.79 Å². The minimum atomic E-state index is -0.521. The molecular weight excluding hydrogens is 364 g/mol. The van der Waals surface area contributed by atoms with E-state index in [4.69, 9.17) is 18.9 Å². The molecule has 2 aliphatic rings. The Hall–Kier alpha value is -1.89. The molecule has 0 aromatic rings. The Bertz CT molecular complexity index is 551. The fraction of sp³-hybridized carbons (Fsp3) is 0.762. The Balaban J connectivity index is 1.73. The second-order valence-electron chi connectivity index (χ2n) is 7.59. The molecule has 0 amide bonds. The third-order valence-corrected chi connectivity index (χ3v) is 5.34. The summed E-state index contributed by atoms with van der Waals surface area (Å²) in [5.41, 5.74) is 0.289. The molecule has 0 spiro atoms. The lowest BCUT2D eigenvalue weighted by Crippen LogP contribution is -2.36. The molecule has 28 heavy (non-hydrogen) atoms. The highest BCUT2D eigenvalue weighted by Crippen LogP contribution is 2.32. The molecule has 0 radical (unpaired) electrons. The van der Waals surface area contributed by atoms with Crippen LogP contribution in [0.1, 0.15) is 64.7 Å². The van der Waals surface area contributed by atoms with Gasteiger partial charge >= 0.3 is 17.9 Å². The zero-order valence-corrected chi connectivity index (χ0v) is 16.8. The monoisotopic (exact) mass is 396 g/mol. The molecule has 7 nitrogen and oxygen atoms in total. The van der Waals surface area contributed by atoms with Gasteiger partial charge in [0.25, 0.3) is 0 Å². The first-order chi connectivity index (χ1) is 13.5. The fourth-order valence-electron chi connectivity index (χ4n) is 3.73. The Morgan fingerprint density at radius 3 is 1.93 bits per heavy atom. The summed E-state index contributed by atoms with van der Waals surface area (Å²) in [6.07, 6.45) is 8.65. The van der Waals surface area contributed by atoms with Crippen LogP contribution in [0.25, 0.3) is 0 Å². The van der Waals surface area contributed by atoms with Gasteiger partial charge in [0, 0.05) is 5.57 Å². The maximum absolute atomic E-state index is 12.5. The second kappa shape index (κ2) is 11.8. The third-order valence-electron chi connectivity index (χ3n) is 5.34. The quantitative estimate of drug-likeness (QED) is 0.194. The fourth-order valence-corrected chi connectivity index (χ4v) is 3.73. The van der Waals surface area contributed by atoms with E-state index in [2.05, 4.69) is 6.58 Å². The molecule has 2 fully saturated rings. The van der Waals surface area contributed by atoms with Gasteiger partial charge in [0.2, 0.25) is 0 Å². The van der Waals surface area contributed by atoms with Crippen molar-refractivity contribution < 1.29 is 33.3 Å². The topological polar surface area (TPSA) is 88.1 Å². The number of hydrogen-bond acceptors (Lipinski definition) is 7. The van der Waals surface area contributed by atoms with Crippen LogP contribution < -0.4 is 0 Å². The molecule has 7 heteroatoms. The summed E-state index contributed by atoms with van der Waals surface area (Å²) in [5, 5.41) is 0. The van der Waals surface area contributed by atoms with Crippen molar-refractivity contribution in [3.05, 3.63) is 12.2 Å². The lowest BCUT2D eigenvalue weighted by Gasteiger charge is -2.28. The van der Waals surface area contributed by atoms with Crippen LogP contribution in [-0.4, -0.2) is 44.0 Å². The van der Waals surface area contributed by atoms with E-state index in [9.17, 15) is 14.4 Å². The summed E-state index contributed by atoms with van der Waals surface area (Å²) in [7, 11) is 0. The summed E-state index contributed by atoms with van der Waals surface area (Å²) >= 11 is 0. The van der Waals surface area contributed by atoms with Gasteiger partial charge in [-0.3, -0.25) is 9.59 Å². The molecule has 0 aromatic carbocycles. The van der Waals surface area contributed by atoms with Crippen LogP contribution in [0.3, 0.4) is 0 Å². The van der Waals surface area contributed by atoms with Gasteiger partial charge in [-0.1, -0.05) is 38.7 Å². The highest BCUT2D eigenvalue weighted by Gasteiger charge is 2.38. The number of carbonyl (C=O) groups excluding carboxylic acids is 3. The van der Waals surface area contributed by atoms with Gasteiger partial charge < -0.3 is 18.9 Å². The van der Waals surface area contributed by atoms with Crippen molar-refractivity contribution in [3.63, 3.8) is 0 Å². The smallest absolute Gasteiger partial charge is 0.333 e. The standard InChI is InChI=1S/C21H32O7/c1-15(2)19(22)25-12-13-26-20(23)17-10-6-7-11-18(17)21(24)28-14-27-16-8-4-3-5-9-16/h16-18H,1,3-14H2,2H3. The average molecular weight is 396 g/mol. The number of hydrogen-bond donors (Lipinski definition) is 0. The van der Waals surface area contributed by atoms with Crippen molar-refractivity contribution in [1.82, 2.24) is 0 Å². The van der Waals surface area contributed by atoms with Crippen molar-refractivity contribution in [2.45, 2.75) is 70.8 Å². The maximum Gasteiger partial charge on any atom is 0.333 e. The van der Waals surface area contributed by atoms with E-state index < -0.39 is 29.7 Å². The van der Waals surface area contributed by atoms with Gasteiger partial charge in [-0.05, 0) is 32.6 Å². The summed E-state index contributed by atoms with van der Waals surface area (Å²) in [6.45, 7) is 4.90. The molecule has 2 atom stereocenters. The van der Waals surface area contributed by atoms with Crippen LogP contribution >= 0.6 is 0 Å². The zero-order valence-electron chi connectivity index (χ0n) is 16.8. The predicted octanol–water partition coefficient (Wildman–Crippen LogP) is 3.31. The predicted molar refractivity (Wildman–Crippen MR) is 101 cm³/mol. The van der Waals surface area contributed by atoms with E-state index >= 15 is 0 Å². The molecule has 2 saturated carbocycles. The highest BCUT2D eigenvalue weighted by molar-refractivity contribution is 5.87. The molecule has 158 valence electrons. The summed E-state index contributed by atoms with van der Waals surface area (Å²) in [6, 6.07) is 0. The zero-order chi connectivity index (χ0) is 20.4. The van der Waals surface area contributed by atoms with Gasteiger partial charge in [0.1, 0.15) is 13.2 Å². The minimum Gasteiger partial charge on any atom is -0.462 e. The number of rotatable bonds is 9. The van der Waals surface area contributed by atoms with Gasteiger partial charge in [-0.2, -0.15) is 0 Å². The van der Waals surface area contributed by atoms with E-state index in [0.717, 1.165) is 38.5 Å². The molecule has 0 saturated heterocycles. The van der Waals surface area contributed by atoms with Crippen molar-refractivity contribution in [2.24, 2.45) is 11.8 Å². The lowest BCUT2D eigenvalue weighted by molar-refractivity contribution is -0.175. The lowest BCUT2D eigenvalue weighted by atomic mass is 9.79. The van der Waals surface area contributed by atoms with E-state index in [1.54, 1.807) is 6.92 Å².